The molecule has 3 heteroatoms. The third-order valence-electron chi connectivity index (χ3n) is 0.936. The van der Waals surface area contributed by atoms with Crippen LogP contribution in [0.3, 0.4) is 0 Å². The van der Waals surface area contributed by atoms with Crippen molar-refractivity contribution < 1.29 is 9.47 Å². The summed E-state index contributed by atoms with van der Waals surface area (Å²) in [4.78, 5) is 0. The summed E-state index contributed by atoms with van der Waals surface area (Å²) in [5, 5.41) is 3.98. The van der Waals surface area contributed by atoms with E-state index in [0.717, 1.165) is 6.54 Å². The summed E-state index contributed by atoms with van der Waals surface area (Å²) >= 11 is 0. The Hall–Kier alpha value is -0.120. The molecule has 1 aliphatic rings. The lowest BCUT2D eigenvalue weighted by atomic mass is 10.7. The van der Waals surface area contributed by atoms with Crippen LogP contribution in [-0.2, 0) is 9.47 Å². The van der Waals surface area contributed by atoms with Gasteiger partial charge in [-0.3, -0.25) is 0 Å². The van der Waals surface area contributed by atoms with Crippen molar-refractivity contribution in [3.63, 3.8) is 0 Å². The van der Waals surface area contributed by atoms with Gasteiger partial charge in [0.2, 0.25) is 6.41 Å². The van der Waals surface area contributed by atoms with E-state index in [2.05, 4.69) is 5.32 Å². The number of hydrogen-bond donors (Lipinski definition) is 0. The lowest BCUT2D eigenvalue weighted by Gasteiger charge is -2.04. The molecule has 1 fully saturated rings. The summed E-state index contributed by atoms with van der Waals surface area (Å²) < 4.78 is 10.0. The number of hydrogen-bond acceptors (Lipinski definition) is 2. The molecular formula is C5H10NO2. The second-order valence-electron chi connectivity index (χ2n) is 1.55. The van der Waals surface area contributed by atoms with Gasteiger partial charge in [0.05, 0.1) is 13.2 Å². The second-order valence-corrected chi connectivity index (χ2v) is 1.55. The topological polar surface area (TPSA) is 32.6 Å². The Kier molecular flexibility index (Phi) is 2.27. The Labute approximate surface area is 49.0 Å². The summed E-state index contributed by atoms with van der Waals surface area (Å²) in [6.45, 7) is 4.11. The van der Waals surface area contributed by atoms with Crippen LogP contribution in [0.1, 0.15) is 6.92 Å². The van der Waals surface area contributed by atoms with Crippen molar-refractivity contribution in [2.45, 2.75) is 13.3 Å². The fourth-order valence-electron chi connectivity index (χ4n) is 0.600. The Balaban J connectivity index is 2.06. The first-order valence-electron chi connectivity index (χ1n) is 2.83. The maximum atomic E-state index is 5.00. The normalized spacial score (nSPS) is 22.1. The first-order chi connectivity index (χ1) is 3.93. The van der Waals surface area contributed by atoms with E-state index in [1.807, 2.05) is 6.92 Å². The molecule has 0 aliphatic carbocycles. The smallest absolute Gasteiger partial charge is 0.232 e. The molecule has 1 radical (unpaired) electrons. The quantitative estimate of drug-likeness (QED) is 0.506. The average molecular weight is 116 g/mol. The second kappa shape index (κ2) is 3.02. The first kappa shape index (κ1) is 6.01. The molecule has 0 unspecified atom stereocenters. The molecule has 8 heavy (non-hydrogen) atoms. The molecule has 0 saturated carbocycles. The van der Waals surface area contributed by atoms with Crippen LogP contribution in [0.15, 0.2) is 0 Å². The van der Waals surface area contributed by atoms with Crippen molar-refractivity contribution in [1.82, 2.24) is 5.32 Å². The van der Waals surface area contributed by atoms with Gasteiger partial charge in [0.15, 0.2) is 0 Å². The van der Waals surface area contributed by atoms with Crippen molar-refractivity contribution in [3.05, 3.63) is 0 Å². The van der Waals surface area contributed by atoms with Gasteiger partial charge in [-0.05, 0) is 0 Å². The lowest BCUT2D eigenvalue weighted by Crippen LogP contribution is -2.21. The van der Waals surface area contributed by atoms with E-state index in [4.69, 9.17) is 9.47 Å². The zero-order chi connectivity index (χ0) is 5.82. The Bertz CT molecular complexity index is 61.4. The van der Waals surface area contributed by atoms with E-state index in [-0.39, 0.29) is 6.41 Å². The molecule has 3 nitrogen and oxygen atoms in total. The Morgan fingerprint density at radius 1 is 1.50 bits per heavy atom. The number of ether oxygens (including phenoxy) is 2. The van der Waals surface area contributed by atoms with E-state index >= 15 is 0 Å². The van der Waals surface area contributed by atoms with Crippen LogP contribution in [-0.4, -0.2) is 26.2 Å². The van der Waals surface area contributed by atoms with Crippen molar-refractivity contribution >= 4 is 0 Å². The summed E-state index contributed by atoms with van der Waals surface area (Å²) in [5.74, 6) is 0. The van der Waals surface area contributed by atoms with E-state index in [1.54, 1.807) is 0 Å². The summed E-state index contributed by atoms with van der Waals surface area (Å²) in [6.07, 6.45) is -0.264. The van der Waals surface area contributed by atoms with Gasteiger partial charge in [-0.15, -0.1) is 0 Å². The molecule has 0 spiro atoms. The molecule has 1 heterocycles. The van der Waals surface area contributed by atoms with E-state index < -0.39 is 0 Å². The lowest BCUT2D eigenvalue weighted by molar-refractivity contribution is -0.0678. The van der Waals surface area contributed by atoms with Gasteiger partial charge in [0.25, 0.3) is 0 Å². The highest BCUT2D eigenvalue weighted by molar-refractivity contribution is 4.45. The summed E-state index contributed by atoms with van der Waals surface area (Å²) in [5.41, 5.74) is 0. The van der Waals surface area contributed by atoms with Crippen molar-refractivity contribution in [1.29, 1.82) is 0 Å². The van der Waals surface area contributed by atoms with Gasteiger partial charge in [-0.2, -0.15) is 5.32 Å². The largest absolute Gasteiger partial charge is 0.336 e. The van der Waals surface area contributed by atoms with Gasteiger partial charge >= 0.3 is 0 Å². The highest BCUT2D eigenvalue weighted by Gasteiger charge is 2.13. The molecule has 0 aromatic carbocycles. The van der Waals surface area contributed by atoms with Crippen LogP contribution < -0.4 is 5.32 Å². The monoisotopic (exact) mass is 116 g/mol. The molecule has 1 rings (SSSR count). The predicted octanol–water partition coefficient (Wildman–Crippen LogP) is -0.0589. The number of rotatable bonds is 2. The van der Waals surface area contributed by atoms with Crippen LogP contribution in [0.25, 0.3) is 0 Å². The van der Waals surface area contributed by atoms with Gasteiger partial charge < -0.3 is 9.47 Å². The minimum Gasteiger partial charge on any atom is -0.336 e. The fraction of sp³-hybridized carbons (Fsp3) is 1.00. The number of nitrogens with zero attached hydrogens (tertiary/aromatic N) is 1. The molecule has 0 atom stereocenters. The fourth-order valence-corrected chi connectivity index (χ4v) is 0.600. The Morgan fingerprint density at radius 3 is 2.62 bits per heavy atom. The van der Waals surface area contributed by atoms with Gasteiger partial charge in [-0.1, -0.05) is 6.92 Å². The standard InChI is InChI=1S/C5H10NO2/c1-2-6-5-7-3-4-8-5/h5H,2-4H2,1H3. The van der Waals surface area contributed by atoms with Crippen LogP contribution in [0.2, 0.25) is 0 Å². The Morgan fingerprint density at radius 2 is 2.12 bits per heavy atom. The molecule has 0 bridgehead atoms. The van der Waals surface area contributed by atoms with E-state index in [9.17, 15) is 0 Å². The maximum Gasteiger partial charge on any atom is 0.232 e. The molecule has 1 saturated heterocycles. The molecule has 1 aliphatic heterocycles. The van der Waals surface area contributed by atoms with Gasteiger partial charge in [0.1, 0.15) is 0 Å². The predicted molar refractivity (Wildman–Crippen MR) is 28.4 cm³/mol. The molecule has 47 valence electrons. The molecule has 0 amide bonds. The van der Waals surface area contributed by atoms with Crippen LogP contribution in [0, 0.1) is 0 Å². The van der Waals surface area contributed by atoms with E-state index in [1.165, 1.54) is 0 Å². The summed E-state index contributed by atoms with van der Waals surface area (Å²) in [6, 6.07) is 0. The third kappa shape index (κ3) is 1.43. The minimum absolute atomic E-state index is 0.264. The SMILES string of the molecule is CC[N]C1OCCO1. The third-order valence-corrected chi connectivity index (χ3v) is 0.936. The van der Waals surface area contributed by atoms with Crippen LogP contribution in [0.4, 0.5) is 0 Å². The zero-order valence-electron chi connectivity index (χ0n) is 4.96. The van der Waals surface area contributed by atoms with Gasteiger partial charge in [0, 0.05) is 6.54 Å². The molecule has 0 N–H and O–H groups in total. The van der Waals surface area contributed by atoms with Crippen LogP contribution in [0.5, 0.6) is 0 Å². The molecule has 0 aromatic rings. The minimum atomic E-state index is -0.264. The molecule has 0 aromatic heterocycles. The van der Waals surface area contributed by atoms with Crippen molar-refractivity contribution in [2.75, 3.05) is 19.8 Å². The summed E-state index contributed by atoms with van der Waals surface area (Å²) in [7, 11) is 0. The maximum absolute atomic E-state index is 5.00. The highest BCUT2D eigenvalue weighted by atomic mass is 16.7. The average Bonchev–Trinajstić information content (AvgIpc) is 2.19. The molecular weight excluding hydrogens is 106 g/mol. The highest BCUT2D eigenvalue weighted by Crippen LogP contribution is 1.99. The van der Waals surface area contributed by atoms with Gasteiger partial charge in [-0.25, -0.2) is 0 Å². The van der Waals surface area contributed by atoms with Crippen LogP contribution >= 0.6 is 0 Å². The first-order valence-corrected chi connectivity index (χ1v) is 2.83. The van der Waals surface area contributed by atoms with Crippen molar-refractivity contribution in [3.8, 4) is 0 Å². The van der Waals surface area contributed by atoms with E-state index in [0.29, 0.717) is 13.2 Å². The van der Waals surface area contributed by atoms with Crippen molar-refractivity contribution in [2.24, 2.45) is 0 Å². The zero-order valence-corrected chi connectivity index (χ0v) is 4.96.